The van der Waals surface area contributed by atoms with Crippen LogP contribution in [0.4, 0.5) is 10.8 Å². The molecule has 0 aliphatic carbocycles. The van der Waals surface area contributed by atoms with Gasteiger partial charge in [-0.25, -0.2) is 4.98 Å². The third-order valence-electron chi connectivity index (χ3n) is 3.16. The summed E-state index contributed by atoms with van der Waals surface area (Å²) in [4.78, 5) is 6.72. The van der Waals surface area contributed by atoms with Crippen molar-refractivity contribution in [2.45, 2.75) is 12.8 Å². The molecular weight excluding hydrogens is 310 g/mol. The largest absolute Gasteiger partial charge is 0.375 e. The van der Waals surface area contributed by atoms with Crippen LogP contribution in [0.2, 0.25) is 0 Å². The number of hydrogen-bond acceptors (Lipinski definition) is 4. The standard InChI is InChI=1S/C13H15N3S.BrH/c14-13-15-12(9-17-13)10-3-5-11(6-4-10)16-7-1-2-8-16;/h3-6,9H,1-2,7-8H2,(H2,14,15);1H. The zero-order chi connectivity index (χ0) is 11.7. The van der Waals surface area contributed by atoms with Crippen LogP contribution in [0.1, 0.15) is 12.8 Å². The van der Waals surface area contributed by atoms with Crippen molar-refractivity contribution in [3.8, 4) is 11.3 Å². The van der Waals surface area contributed by atoms with Crippen LogP contribution in [0, 0.1) is 0 Å². The predicted octanol–water partition coefficient (Wildman–Crippen LogP) is 3.57. The topological polar surface area (TPSA) is 42.1 Å². The van der Waals surface area contributed by atoms with Crippen molar-refractivity contribution in [2.24, 2.45) is 0 Å². The second-order valence-corrected chi connectivity index (χ2v) is 5.20. The normalized spacial score (nSPS) is 14.6. The maximum absolute atomic E-state index is 5.64. The molecular formula is C13H16BrN3S. The Labute approximate surface area is 121 Å². The fraction of sp³-hybridized carbons (Fsp3) is 0.308. The molecule has 0 amide bonds. The molecule has 18 heavy (non-hydrogen) atoms. The fourth-order valence-corrected chi connectivity index (χ4v) is 2.81. The molecule has 0 bridgehead atoms. The van der Waals surface area contributed by atoms with E-state index in [4.69, 9.17) is 5.73 Å². The van der Waals surface area contributed by atoms with Crippen molar-refractivity contribution in [3.63, 3.8) is 0 Å². The maximum atomic E-state index is 5.64. The molecule has 5 heteroatoms. The van der Waals surface area contributed by atoms with Crippen LogP contribution < -0.4 is 10.6 Å². The van der Waals surface area contributed by atoms with Crippen LogP contribution in [-0.4, -0.2) is 18.1 Å². The first-order valence-electron chi connectivity index (χ1n) is 5.89. The number of halogens is 1. The van der Waals surface area contributed by atoms with Crippen LogP contribution in [0.25, 0.3) is 11.3 Å². The number of benzene rings is 1. The van der Waals surface area contributed by atoms with E-state index in [9.17, 15) is 0 Å². The van der Waals surface area contributed by atoms with Gasteiger partial charge in [0.15, 0.2) is 5.13 Å². The molecule has 2 aromatic rings. The van der Waals surface area contributed by atoms with Gasteiger partial charge in [0, 0.05) is 29.7 Å². The lowest BCUT2D eigenvalue weighted by Gasteiger charge is -2.17. The van der Waals surface area contributed by atoms with Gasteiger partial charge in [-0.15, -0.1) is 28.3 Å². The molecule has 1 saturated heterocycles. The molecule has 0 unspecified atom stereocenters. The summed E-state index contributed by atoms with van der Waals surface area (Å²) in [5.41, 5.74) is 9.07. The molecule has 3 rings (SSSR count). The molecule has 2 heterocycles. The van der Waals surface area contributed by atoms with Gasteiger partial charge in [-0.3, -0.25) is 0 Å². The predicted molar refractivity (Wildman–Crippen MR) is 83.7 cm³/mol. The third kappa shape index (κ3) is 2.67. The monoisotopic (exact) mass is 325 g/mol. The Bertz CT molecular complexity index is 503. The first-order chi connectivity index (χ1) is 8.33. The van der Waals surface area contributed by atoms with Gasteiger partial charge in [-0.2, -0.15) is 0 Å². The Hall–Kier alpha value is -1.07. The summed E-state index contributed by atoms with van der Waals surface area (Å²) in [6.45, 7) is 2.37. The average Bonchev–Trinajstić information content (AvgIpc) is 3.00. The number of nitrogens with zero attached hydrogens (tertiary/aromatic N) is 2. The van der Waals surface area contributed by atoms with Gasteiger partial charge in [-0.05, 0) is 25.0 Å². The lowest BCUT2D eigenvalue weighted by molar-refractivity contribution is 0.949. The molecule has 2 N–H and O–H groups in total. The summed E-state index contributed by atoms with van der Waals surface area (Å²) in [5, 5.41) is 2.63. The Kier molecular flexibility index (Phi) is 4.24. The molecule has 1 aliphatic heterocycles. The highest BCUT2D eigenvalue weighted by Gasteiger charge is 2.12. The minimum atomic E-state index is 0. The first kappa shape index (κ1) is 13.4. The highest BCUT2D eigenvalue weighted by molar-refractivity contribution is 8.93. The van der Waals surface area contributed by atoms with Gasteiger partial charge in [0.1, 0.15) is 0 Å². The Balaban J connectivity index is 0.00000120. The van der Waals surface area contributed by atoms with Gasteiger partial charge >= 0.3 is 0 Å². The van der Waals surface area contributed by atoms with Crippen LogP contribution in [0.3, 0.4) is 0 Å². The molecule has 1 fully saturated rings. The van der Waals surface area contributed by atoms with Gasteiger partial charge in [0.2, 0.25) is 0 Å². The molecule has 1 aliphatic rings. The Morgan fingerprint density at radius 2 is 1.78 bits per heavy atom. The number of aromatic nitrogens is 1. The zero-order valence-electron chi connectivity index (χ0n) is 10.0. The lowest BCUT2D eigenvalue weighted by Crippen LogP contribution is -2.17. The lowest BCUT2D eigenvalue weighted by atomic mass is 10.1. The second-order valence-electron chi connectivity index (χ2n) is 4.31. The second kappa shape index (κ2) is 5.71. The molecule has 0 saturated carbocycles. The third-order valence-corrected chi connectivity index (χ3v) is 3.83. The molecule has 0 atom stereocenters. The smallest absolute Gasteiger partial charge is 0.180 e. The summed E-state index contributed by atoms with van der Waals surface area (Å²) >= 11 is 1.48. The number of thiazole rings is 1. The molecule has 3 nitrogen and oxygen atoms in total. The van der Waals surface area contributed by atoms with Crippen LogP contribution in [-0.2, 0) is 0 Å². The van der Waals surface area contributed by atoms with Gasteiger partial charge in [0.05, 0.1) is 5.69 Å². The number of nitrogen functional groups attached to an aromatic ring is 1. The zero-order valence-corrected chi connectivity index (χ0v) is 12.5. The van der Waals surface area contributed by atoms with Crippen LogP contribution >= 0.6 is 28.3 Å². The summed E-state index contributed by atoms with van der Waals surface area (Å²) in [5.74, 6) is 0. The van der Waals surface area contributed by atoms with Gasteiger partial charge in [-0.1, -0.05) is 12.1 Å². The van der Waals surface area contributed by atoms with Crippen molar-refractivity contribution in [1.29, 1.82) is 0 Å². The van der Waals surface area contributed by atoms with Crippen LogP contribution in [0.5, 0.6) is 0 Å². The first-order valence-corrected chi connectivity index (χ1v) is 6.77. The number of hydrogen-bond donors (Lipinski definition) is 1. The van der Waals surface area contributed by atoms with E-state index in [2.05, 4.69) is 34.1 Å². The number of anilines is 2. The molecule has 0 spiro atoms. The summed E-state index contributed by atoms with van der Waals surface area (Å²) in [7, 11) is 0. The quantitative estimate of drug-likeness (QED) is 0.917. The van der Waals surface area contributed by atoms with Crippen molar-refractivity contribution in [3.05, 3.63) is 29.6 Å². The maximum Gasteiger partial charge on any atom is 0.180 e. The molecule has 0 radical (unpaired) electrons. The highest BCUT2D eigenvalue weighted by atomic mass is 79.9. The SMILES string of the molecule is Br.Nc1nc(-c2ccc(N3CCCC3)cc2)cs1. The molecule has 96 valence electrons. The van der Waals surface area contributed by atoms with Crippen LogP contribution in [0.15, 0.2) is 29.6 Å². The highest BCUT2D eigenvalue weighted by Crippen LogP contribution is 2.26. The Morgan fingerprint density at radius 1 is 1.11 bits per heavy atom. The number of rotatable bonds is 2. The summed E-state index contributed by atoms with van der Waals surface area (Å²) in [6, 6.07) is 8.61. The fourth-order valence-electron chi connectivity index (χ4n) is 2.24. The van der Waals surface area contributed by atoms with Crippen molar-refractivity contribution >= 4 is 39.1 Å². The Morgan fingerprint density at radius 3 is 2.33 bits per heavy atom. The van der Waals surface area contributed by atoms with E-state index in [1.54, 1.807) is 0 Å². The van der Waals surface area contributed by atoms with E-state index in [1.165, 1.54) is 43.0 Å². The van der Waals surface area contributed by atoms with E-state index in [1.807, 2.05) is 5.38 Å². The number of nitrogens with two attached hydrogens (primary N) is 1. The van der Waals surface area contributed by atoms with E-state index in [0.717, 1.165) is 11.3 Å². The van der Waals surface area contributed by atoms with E-state index >= 15 is 0 Å². The minimum Gasteiger partial charge on any atom is -0.375 e. The average molecular weight is 326 g/mol. The van der Waals surface area contributed by atoms with Gasteiger partial charge in [0.25, 0.3) is 0 Å². The van der Waals surface area contributed by atoms with E-state index < -0.39 is 0 Å². The van der Waals surface area contributed by atoms with Gasteiger partial charge < -0.3 is 10.6 Å². The molecule has 1 aromatic heterocycles. The molecule has 1 aromatic carbocycles. The van der Waals surface area contributed by atoms with Crippen molar-refractivity contribution < 1.29 is 0 Å². The summed E-state index contributed by atoms with van der Waals surface area (Å²) < 4.78 is 0. The van der Waals surface area contributed by atoms with Crippen molar-refractivity contribution in [2.75, 3.05) is 23.7 Å². The minimum absolute atomic E-state index is 0. The summed E-state index contributed by atoms with van der Waals surface area (Å²) in [6.07, 6.45) is 2.62. The van der Waals surface area contributed by atoms with Crippen molar-refractivity contribution in [1.82, 2.24) is 4.98 Å². The van der Waals surface area contributed by atoms with E-state index in [-0.39, 0.29) is 17.0 Å². The van der Waals surface area contributed by atoms with E-state index in [0.29, 0.717) is 5.13 Å².